The maximum absolute atomic E-state index is 12.2. The zero-order valence-electron chi connectivity index (χ0n) is 14.1. The number of benzene rings is 1. The standard InChI is InChI=1S/C18H22N2O4/c1-11(2)9-15(18(22)23)19-16(21)10-14-12(3)24-17(20-14)13-7-5-4-6-8-13/h4-8,11,15H,9-10H2,1-3H3,(H,19,21)(H,22,23)/t15-/m1/s1. The van der Waals surface area contributed by atoms with Gasteiger partial charge in [-0.15, -0.1) is 0 Å². The Labute approximate surface area is 140 Å². The molecule has 2 aromatic rings. The van der Waals surface area contributed by atoms with Gasteiger partial charge in [-0.3, -0.25) is 4.79 Å². The quantitative estimate of drug-likeness (QED) is 0.814. The van der Waals surface area contributed by atoms with Gasteiger partial charge in [0.1, 0.15) is 11.8 Å². The van der Waals surface area contributed by atoms with Gasteiger partial charge in [-0.2, -0.15) is 0 Å². The van der Waals surface area contributed by atoms with Crippen molar-refractivity contribution in [1.29, 1.82) is 0 Å². The number of carbonyl (C=O) groups is 2. The summed E-state index contributed by atoms with van der Waals surface area (Å²) in [5.41, 5.74) is 1.34. The van der Waals surface area contributed by atoms with Gasteiger partial charge in [0.05, 0.1) is 12.1 Å². The highest BCUT2D eigenvalue weighted by Gasteiger charge is 2.22. The molecular weight excluding hydrogens is 308 g/mol. The van der Waals surface area contributed by atoms with Gasteiger partial charge in [-0.1, -0.05) is 32.0 Å². The molecule has 0 aliphatic rings. The van der Waals surface area contributed by atoms with Crippen LogP contribution >= 0.6 is 0 Å². The molecule has 1 amide bonds. The average Bonchev–Trinajstić information content (AvgIpc) is 2.88. The highest BCUT2D eigenvalue weighted by Crippen LogP contribution is 2.21. The molecule has 2 rings (SSSR count). The van der Waals surface area contributed by atoms with Crippen molar-refractivity contribution < 1.29 is 19.1 Å². The van der Waals surface area contributed by atoms with E-state index >= 15 is 0 Å². The Bertz CT molecular complexity index is 707. The summed E-state index contributed by atoms with van der Waals surface area (Å²) in [7, 11) is 0. The molecule has 0 spiro atoms. The first-order chi connectivity index (χ1) is 11.4. The number of aliphatic carboxylic acids is 1. The molecule has 0 bridgehead atoms. The second kappa shape index (κ2) is 7.77. The predicted molar refractivity (Wildman–Crippen MR) is 89.4 cm³/mol. The topological polar surface area (TPSA) is 92.4 Å². The number of carboxylic acids is 1. The van der Waals surface area contributed by atoms with E-state index in [2.05, 4.69) is 10.3 Å². The molecule has 1 heterocycles. The molecule has 128 valence electrons. The van der Waals surface area contributed by atoms with E-state index < -0.39 is 12.0 Å². The summed E-state index contributed by atoms with van der Waals surface area (Å²) in [6.07, 6.45) is 0.373. The third-order valence-corrected chi connectivity index (χ3v) is 3.58. The van der Waals surface area contributed by atoms with Crippen molar-refractivity contribution in [3.63, 3.8) is 0 Å². The van der Waals surface area contributed by atoms with E-state index in [-0.39, 0.29) is 18.2 Å². The van der Waals surface area contributed by atoms with E-state index in [0.717, 1.165) is 5.56 Å². The highest BCUT2D eigenvalue weighted by molar-refractivity contribution is 5.84. The molecule has 6 heteroatoms. The molecule has 1 aromatic carbocycles. The van der Waals surface area contributed by atoms with Crippen molar-refractivity contribution in [1.82, 2.24) is 10.3 Å². The van der Waals surface area contributed by atoms with Gasteiger partial charge < -0.3 is 14.8 Å². The minimum Gasteiger partial charge on any atom is -0.480 e. The minimum atomic E-state index is -1.03. The molecule has 0 aliphatic carbocycles. The van der Waals surface area contributed by atoms with Crippen molar-refractivity contribution in [2.45, 2.75) is 39.7 Å². The van der Waals surface area contributed by atoms with E-state index in [1.54, 1.807) is 6.92 Å². The predicted octanol–water partition coefficient (Wildman–Crippen LogP) is 2.81. The van der Waals surface area contributed by atoms with Crippen molar-refractivity contribution in [3.05, 3.63) is 41.8 Å². The van der Waals surface area contributed by atoms with Gasteiger partial charge in [0.2, 0.25) is 11.8 Å². The number of aromatic nitrogens is 1. The van der Waals surface area contributed by atoms with Crippen molar-refractivity contribution in [2.24, 2.45) is 5.92 Å². The third kappa shape index (κ3) is 4.68. The van der Waals surface area contributed by atoms with Gasteiger partial charge in [0.15, 0.2) is 0 Å². The Kier molecular flexibility index (Phi) is 5.73. The summed E-state index contributed by atoms with van der Waals surface area (Å²) < 4.78 is 5.61. The van der Waals surface area contributed by atoms with E-state index in [9.17, 15) is 14.7 Å². The highest BCUT2D eigenvalue weighted by atomic mass is 16.4. The maximum Gasteiger partial charge on any atom is 0.326 e. The van der Waals surface area contributed by atoms with Crippen LogP contribution in [0.1, 0.15) is 31.7 Å². The van der Waals surface area contributed by atoms with Crippen LogP contribution in [0, 0.1) is 12.8 Å². The van der Waals surface area contributed by atoms with E-state index in [0.29, 0.717) is 23.8 Å². The molecule has 1 aromatic heterocycles. The number of nitrogens with zero attached hydrogens (tertiary/aromatic N) is 1. The summed E-state index contributed by atoms with van der Waals surface area (Å²) >= 11 is 0. The fraction of sp³-hybridized carbons (Fsp3) is 0.389. The summed E-state index contributed by atoms with van der Waals surface area (Å²) in [5.74, 6) is -0.226. The lowest BCUT2D eigenvalue weighted by molar-refractivity contribution is -0.142. The molecule has 6 nitrogen and oxygen atoms in total. The summed E-state index contributed by atoms with van der Waals surface area (Å²) in [6.45, 7) is 5.57. The lowest BCUT2D eigenvalue weighted by Crippen LogP contribution is -2.42. The molecule has 0 aliphatic heterocycles. The Morgan fingerprint density at radius 2 is 1.92 bits per heavy atom. The number of oxazole rings is 1. The van der Waals surface area contributed by atoms with Gasteiger partial charge >= 0.3 is 5.97 Å². The molecule has 0 saturated carbocycles. The zero-order valence-corrected chi connectivity index (χ0v) is 14.1. The Hall–Kier alpha value is -2.63. The first kappa shape index (κ1) is 17.7. The minimum absolute atomic E-state index is 0.00988. The van der Waals surface area contributed by atoms with Gasteiger partial charge in [-0.25, -0.2) is 9.78 Å². The molecule has 1 atom stereocenters. The number of nitrogens with one attached hydrogen (secondary N) is 1. The third-order valence-electron chi connectivity index (χ3n) is 3.58. The second-order valence-electron chi connectivity index (χ2n) is 6.15. The fourth-order valence-corrected chi connectivity index (χ4v) is 2.39. The molecule has 24 heavy (non-hydrogen) atoms. The first-order valence-corrected chi connectivity index (χ1v) is 7.90. The second-order valence-corrected chi connectivity index (χ2v) is 6.15. The summed E-state index contributed by atoms with van der Waals surface area (Å²) in [6, 6.07) is 8.51. The van der Waals surface area contributed by atoms with E-state index in [1.165, 1.54) is 0 Å². The average molecular weight is 330 g/mol. The Morgan fingerprint density at radius 3 is 2.50 bits per heavy atom. The SMILES string of the molecule is Cc1oc(-c2ccccc2)nc1CC(=O)N[C@H](CC(C)C)C(=O)O. The van der Waals surface area contributed by atoms with Crippen LogP contribution in [0.4, 0.5) is 0 Å². The van der Waals surface area contributed by atoms with Crippen LogP contribution < -0.4 is 5.32 Å². The number of amides is 1. The van der Waals surface area contributed by atoms with Crippen LogP contribution in [-0.4, -0.2) is 28.0 Å². The lowest BCUT2D eigenvalue weighted by Gasteiger charge is -2.16. The van der Waals surface area contributed by atoms with E-state index in [1.807, 2.05) is 44.2 Å². The number of hydrogen-bond acceptors (Lipinski definition) is 4. The number of rotatable bonds is 7. The monoisotopic (exact) mass is 330 g/mol. The molecule has 0 radical (unpaired) electrons. The fourth-order valence-electron chi connectivity index (χ4n) is 2.39. The van der Waals surface area contributed by atoms with Crippen molar-refractivity contribution >= 4 is 11.9 Å². The van der Waals surface area contributed by atoms with Crippen LogP contribution in [0.15, 0.2) is 34.7 Å². The molecular formula is C18H22N2O4. The molecule has 0 unspecified atom stereocenters. The van der Waals surface area contributed by atoms with Crippen LogP contribution in [0.25, 0.3) is 11.5 Å². The number of aryl methyl sites for hydroxylation is 1. The number of hydrogen-bond donors (Lipinski definition) is 2. The maximum atomic E-state index is 12.2. The summed E-state index contributed by atoms with van der Waals surface area (Å²) in [5, 5.41) is 11.7. The lowest BCUT2D eigenvalue weighted by atomic mass is 10.0. The molecule has 0 fully saturated rings. The van der Waals surface area contributed by atoms with Crippen LogP contribution in [0.3, 0.4) is 0 Å². The van der Waals surface area contributed by atoms with Crippen molar-refractivity contribution in [2.75, 3.05) is 0 Å². The van der Waals surface area contributed by atoms with Crippen LogP contribution in [0.2, 0.25) is 0 Å². The van der Waals surface area contributed by atoms with Crippen LogP contribution in [-0.2, 0) is 16.0 Å². The normalized spacial score (nSPS) is 12.2. The van der Waals surface area contributed by atoms with E-state index in [4.69, 9.17) is 4.42 Å². The zero-order chi connectivity index (χ0) is 17.7. The molecule has 0 saturated heterocycles. The smallest absolute Gasteiger partial charge is 0.326 e. The van der Waals surface area contributed by atoms with Gasteiger partial charge in [-0.05, 0) is 31.4 Å². The number of carbonyl (C=O) groups excluding carboxylic acids is 1. The van der Waals surface area contributed by atoms with Gasteiger partial charge in [0.25, 0.3) is 0 Å². The van der Waals surface area contributed by atoms with Gasteiger partial charge in [0, 0.05) is 5.56 Å². The molecule has 2 N–H and O–H groups in total. The largest absolute Gasteiger partial charge is 0.480 e. The van der Waals surface area contributed by atoms with Crippen LogP contribution in [0.5, 0.6) is 0 Å². The number of carboxylic acid groups (broad SMARTS) is 1. The summed E-state index contributed by atoms with van der Waals surface area (Å²) in [4.78, 5) is 27.7. The van der Waals surface area contributed by atoms with Crippen molar-refractivity contribution in [3.8, 4) is 11.5 Å². The Balaban J connectivity index is 2.06. The Morgan fingerprint density at radius 1 is 1.25 bits per heavy atom. The first-order valence-electron chi connectivity index (χ1n) is 7.90.